The lowest BCUT2D eigenvalue weighted by Gasteiger charge is -2.37. The van der Waals surface area contributed by atoms with Gasteiger partial charge in [0.25, 0.3) is 0 Å². The van der Waals surface area contributed by atoms with Gasteiger partial charge in [-0.15, -0.1) is 0 Å². The lowest BCUT2D eigenvalue weighted by atomic mass is 10.00. The maximum atomic E-state index is 12.3. The summed E-state index contributed by atoms with van der Waals surface area (Å²) in [5.74, 6) is 0.256. The molecule has 4 rings (SSSR count). The molecular formula is C21H23N3OS. The summed E-state index contributed by atoms with van der Waals surface area (Å²) < 4.78 is 1.22. The normalized spacial score (nSPS) is 14.4. The average Bonchev–Trinajstić information content (AvgIpc) is 3.01. The minimum absolute atomic E-state index is 0.0838. The van der Waals surface area contributed by atoms with Crippen molar-refractivity contribution >= 4 is 32.6 Å². The van der Waals surface area contributed by atoms with E-state index in [9.17, 15) is 4.79 Å². The van der Waals surface area contributed by atoms with Crippen LogP contribution in [-0.4, -0.2) is 30.5 Å². The van der Waals surface area contributed by atoms with Crippen LogP contribution in [0.4, 0.5) is 5.13 Å². The van der Waals surface area contributed by atoms with Crippen LogP contribution in [0.15, 0.2) is 48.5 Å². The summed E-state index contributed by atoms with van der Waals surface area (Å²) in [6.45, 7) is 4.37. The number of fused-ring (bicyclic) bond motifs is 1. The molecule has 5 heteroatoms. The van der Waals surface area contributed by atoms with E-state index >= 15 is 0 Å². The molecule has 0 radical (unpaired) electrons. The minimum Gasteiger partial charge on any atom is -0.356 e. The highest BCUT2D eigenvalue weighted by Gasteiger charge is 2.34. The predicted molar refractivity (Wildman–Crippen MR) is 108 cm³/mol. The van der Waals surface area contributed by atoms with E-state index in [0.29, 0.717) is 0 Å². The van der Waals surface area contributed by atoms with Crippen molar-refractivity contribution in [2.75, 3.05) is 24.5 Å². The van der Waals surface area contributed by atoms with Gasteiger partial charge >= 0.3 is 0 Å². The van der Waals surface area contributed by atoms with Crippen molar-refractivity contribution in [1.82, 2.24) is 10.3 Å². The first-order valence-electron chi connectivity index (χ1n) is 9.13. The molecule has 1 N–H and O–H groups in total. The van der Waals surface area contributed by atoms with Crippen molar-refractivity contribution in [3.8, 4) is 0 Å². The van der Waals surface area contributed by atoms with Crippen LogP contribution < -0.4 is 10.2 Å². The highest BCUT2D eigenvalue weighted by molar-refractivity contribution is 7.22. The second-order valence-corrected chi connectivity index (χ2v) is 7.96. The Morgan fingerprint density at radius 1 is 1.23 bits per heavy atom. The summed E-state index contributed by atoms with van der Waals surface area (Å²) >= 11 is 1.71. The number of rotatable bonds is 6. The first-order chi connectivity index (χ1) is 12.7. The zero-order valence-electron chi connectivity index (χ0n) is 14.9. The number of nitrogens with zero attached hydrogens (tertiary/aromatic N) is 2. The van der Waals surface area contributed by atoms with Gasteiger partial charge in [-0.05, 0) is 43.0 Å². The van der Waals surface area contributed by atoms with E-state index in [1.54, 1.807) is 11.3 Å². The highest BCUT2D eigenvalue weighted by atomic mass is 32.1. The van der Waals surface area contributed by atoms with E-state index in [-0.39, 0.29) is 11.8 Å². The molecule has 0 aliphatic carbocycles. The molecule has 0 saturated carbocycles. The number of thiazole rings is 1. The number of aromatic nitrogens is 1. The Morgan fingerprint density at radius 3 is 2.85 bits per heavy atom. The van der Waals surface area contributed by atoms with Crippen molar-refractivity contribution in [3.05, 3.63) is 59.7 Å². The lowest BCUT2D eigenvalue weighted by molar-refractivity contribution is -0.125. The van der Waals surface area contributed by atoms with E-state index in [1.165, 1.54) is 15.8 Å². The summed E-state index contributed by atoms with van der Waals surface area (Å²) in [5, 5.41) is 4.10. The number of carbonyl (C=O) groups excluding carboxylic acids is 1. The molecule has 4 nitrogen and oxygen atoms in total. The van der Waals surface area contributed by atoms with E-state index in [0.717, 1.165) is 43.1 Å². The van der Waals surface area contributed by atoms with Gasteiger partial charge in [0, 0.05) is 19.6 Å². The molecular weight excluding hydrogens is 342 g/mol. The molecule has 1 saturated heterocycles. The van der Waals surface area contributed by atoms with Gasteiger partial charge in [0.05, 0.1) is 16.1 Å². The third kappa shape index (κ3) is 3.73. The number of amides is 1. The van der Waals surface area contributed by atoms with Crippen LogP contribution in [0.25, 0.3) is 10.2 Å². The van der Waals surface area contributed by atoms with Crippen LogP contribution in [0, 0.1) is 12.8 Å². The van der Waals surface area contributed by atoms with Gasteiger partial charge in [-0.1, -0.05) is 47.7 Å². The molecule has 1 aliphatic rings. The van der Waals surface area contributed by atoms with E-state index in [2.05, 4.69) is 59.6 Å². The summed E-state index contributed by atoms with van der Waals surface area (Å²) in [6.07, 6.45) is 1.98. The summed E-state index contributed by atoms with van der Waals surface area (Å²) in [5.41, 5.74) is 3.62. The fourth-order valence-electron chi connectivity index (χ4n) is 3.25. The van der Waals surface area contributed by atoms with Crippen LogP contribution in [0.5, 0.6) is 0 Å². The van der Waals surface area contributed by atoms with Crippen LogP contribution >= 0.6 is 11.3 Å². The third-order valence-corrected chi connectivity index (χ3v) is 5.92. The van der Waals surface area contributed by atoms with Gasteiger partial charge in [-0.25, -0.2) is 4.98 Å². The van der Waals surface area contributed by atoms with Gasteiger partial charge in [0.15, 0.2) is 5.13 Å². The van der Waals surface area contributed by atoms with Gasteiger partial charge in [-0.2, -0.15) is 0 Å². The molecule has 0 spiro atoms. The Kier molecular flexibility index (Phi) is 4.89. The molecule has 0 unspecified atom stereocenters. The summed E-state index contributed by atoms with van der Waals surface area (Å²) in [6, 6.07) is 16.7. The van der Waals surface area contributed by atoms with Crippen molar-refractivity contribution in [2.24, 2.45) is 5.92 Å². The predicted octanol–water partition coefficient (Wildman–Crippen LogP) is 3.79. The Labute approximate surface area is 157 Å². The zero-order chi connectivity index (χ0) is 17.9. The molecule has 2 heterocycles. The smallest absolute Gasteiger partial charge is 0.226 e. The highest BCUT2D eigenvalue weighted by Crippen LogP contribution is 2.33. The molecule has 0 atom stereocenters. The van der Waals surface area contributed by atoms with E-state index in [1.807, 2.05) is 6.07 Å². The minimum atomic E-state index is 0.0838. The molecule has 1 fully saturated rings. The maximum Gasteiger partial charge on any atom is 0.226 e. The average molecular weight is 366 g/mol. The topological polar surface area (TPSA) is 45.2 Å². The van der Waals surface area contributed by atoms with Crippen LogP contribution in [0.2, 0.25) is 0 Å². The largest absolute Gasteiger partial charge is 0.356 e. The second-order valence-electron chi connectivity index (χ2n) is 6.95. The summed E-state index contributed by atoms with van der Waals surface area (Å²) in [4.78, 5) is 19.2. The van der Waals surface area contributed by atoms with Crippen LogP contribution in [-0.2, 0) is 11.2 Å². The van der Waals surface area contributed by atoms with Crippen molar-refractivity contribution < 1.29 is 4.79 Å². The van der Waals surface area contributed by atoms with Gasteiger partial charge in [0.1, 0.15) is 0 Å². The number of aryl methyl sites for hydroxylation is 2. The molecule has 1 aromatic heterocycles. The van der Waals surface area contributed by atoms with Crippen LogP contribution in [0.3, 0.4) is 0 Å². The standard InChI is InChI=1S/C21H23N3OS/c1-15-9-10-18-19(12-15)26-21(23-18)24-13-17(14-24)20(25)22-11-5-8-16-6-3-2-4-7-16/h2-4,6-7,9-10,12,17H,5,8,11,13-14H2,1H3,(H,22,25). The van der Waals surface area contributed by atoms with Crippen molar-refractivity contribution in [2.45, 2.75) is 19.8 Å². The van der Waals surface area contributed by atoms with Gasteiger partial charge < -0.3 is 10.2 Å². The second kappa shape index (κ2) is 7.46. The molecule has 2 aromatic carbocycles. The monoisotopic (exact) mass is 365 g/mol. The molecule has 26 heavy (non-hydrogen) atoms. The van der Waals surface area contributed by atoms with Gasteiger partial charge in [-0.3, -0.25) is 4.79 Å². The molecule has 3 aromatic rings. The Balaban J connectivity index is 1.23. The SMILES string of the molecule is Cc1ccc2nc(N3CC(C(=O)NCCCc4ccccc4)C3)sc2c1. The third-order valence-electron chi connectivity index (χ3n) is 4.84. The number of benzene rings is 2. The first kappa shape index (κ1) is 17.0. The van der Waals surface area contributed by atoms with E-state index in [4.69, 9.17) is 4.98 Å². The quantitative estimate of drug-likeness (QED) is 0.676. The van der Waals surface area contributed by atoms with Gasteiger partial charge in [0.2, 0.25) is 5.91 Å². The molecule has 134 valence electrons. The Bertz CT molecular complexity index is 900. The molecule has 1 amide bonds. The number of carbonyl (C=O) groups is 1. The van der Waals surface area contributed by atoms with Crippen LogP contribution in [0.1, 0.15) is 17.5 Å². The van der Waals surface area contributed by atoms with E-state index < -0.39 is 0 Å². The Hall–Kier alpha value is -2.40. The number of nitrogens with one attached hydrogen (secondary N) is 1. The summed E-state index contributed by atoms with van der Waals surface area (Å²) in [7, 11) is 0. The number of hydrogen-bond donors (Lipinski definition) is 1. The zero-order valence-corrected chi connectivity index (χ0v) is 15.8. The fourth-order valence-corrected chi connectivity index (χ4v) is 4.33. The lowest BCUT2D eigenvalue weighted by Crippen LogP contribution is -2.53. The molecule has 1 aliphatic heterocycles. The fraction of sp³-hybridized carbons (Fsp3) is 0.333. The molecule has 0 bridgehead atoms. The number of anilines is 1. The maximum absolute atomic E-state index is 12.3. The van der Waals surface area contributed by atoms with Crippen molar-refractivity contribution in [3.63, 3.8) is 0 Å². The first-order valence-corrected chi connectivity index (χ1v) is 9.94. The Morgan fingerprint density at radius 2 is 2.04 bits per heavy atom. The number of hydrogen-bond acceptors (Lipinski definition) is 4. The van der Waals surface area contributed by atoms with Crippen molar-refractivity contribution in [1.29, 1.82) is 0 Å².